The summed E-state index contributed by atoms with van der Waals surface area (Å²) in [5.74, 6) is 1.26. The average Bonchev–Trinajstić information content (AvgIpc) is 3.03. The van der Waals surface area contributed by atoms with Gasteiger partial charge in [0.25, 0.3) is 5.91 Å². The number of nitrogens with one attached hydrogen (secondary N) is 2. The van der Waals surface area contributed by atoms with E-state index < -0.39 is 0 Å². The van der Waals surface area contributed by atoms with Crippen LogP contribution >= 0.6 is 11.6 Å². The van der Waals surface area contributed by atoms with Crippen molar-refractivity contribution in [2.24, 2.45) is 0 Å². The summed E-state index contributed by atoms with van der Waals surface area (Å²) in [6.45, 7) is 5.08. The Morgan fingerprint density at radius 1 is 1.21 bits per heavy atom. The maximum absolute atomic E-state index is 12.5. The predicted molar refractivity (Wildman–Crippen MR) is 108 cm³/mol. The molecule has 2 aliphatic rings. The molecule has 1 atom stereocenters. The molecule has 146 valence electrons. The number of fused-ring (bicyclic) bond motifs is 1. The van der Waals surface area contributed by atoms with Gasteiger partial charge in [-0.1, -0.05) is 25.4 Å². The number of carbonyl (C=O) groups is 2. The molecule has 2 aliphatic heterocycles. The van der Waals surface area contributed by atoms with E-state index in [1.54, 1.807) is 17.0 Å². The Hall–Kier alpha value is -2.67. The van der Waals surface area contributed by atoms with Crippen molar-refractivity contribution in [1.29, 1.82) is 0 Å². The van der Waals surface area contributed by atoms with Crippen molar-refractivity contribution in [3.8, 4) is 0 Å². The van der Waals surface area contributed by atoms with E-state index in [-0.39, 0.29) is 23.8 Å². The van der Waals surface area contributed by atoms with Crippen LogP contribution in [0, 0.1) is 0 Å². The molecule has 28 heavy (non-hydrogen) atoms. The summed E-state index contributed by atoms with van der Waals surface area (Å²) in [5, 5.41) is 6.88. The minimum absolute atomic E-state index is 0.0459. The number of aromatic nitrogens is 2. The highest BCUT2D eigenvalue weighted by Gasteiger charge is 2.32. The first kappa shape index (κ1) is 18.7. The van der Waals surface area contributed by atoms with Gasteiger partial charge in [0.2, 0.25) is 5.91 Å². The van der Waals surface area contributed by atoms with Gasteiger partial charge in [-0.25, -0.2) is 9.97 Å². The van der Waals surface area contributed by atoms with Crippen molar-refractivity contribution in [3.05, 3.63) is 46.4 Å². The Kier molecular flexibility index (Phi) is 4.93. The summed E-state index contributed by atoms with van der Waals surface area (Å²) in [4.78, 5) is 35.7. The van der Waals surface area contributed by atoms with Gasteiger partial charge in [-0.3, -0.25) is 9.59 Å². The first-order valence-corrected chi connectivity index (χ1v) is 9.81. The van der Waals surface area contributed by atoms with Crippen LogP contribution in [0.25, 0.3) is 0 Å². The highest BCUT2D eigenvalue weighted by atomic mass is 35.5. The van der Waals surface area contributed by atoms with Gasteiger partial charge in [0, 0.05) is 41.7 Å². The molecule has 4 rings (SSSR count). The zero-order valence-electron chi connectivity index (χ0n) is 15.8. The van der Waals surface area contributed by atoms with Crippen LogP contribution in [-0.4, -0.2) is 40.9 Å². The Labute approximate surface area is 168 Å². The summed E-state index contributed by atoms with van der Waals surface area (Å²) in [5.41, 5.74) is 2.09. The molecule has 1 unspecified atom stereocenters. The van der Waals surface area contributed by atoms with Crippen LogP contribution in [0.5, 0.6) is 0 Å². The Bertz CT molecular complexity index is 929. The monoisotopic (exact) mass is 399 g/mol. The number of halogens is 1. The normalized spacial score (nSPS) is 19.0. The summed E-state index contributed by atoms with van der Waals surface area (Å²) in [6.07, 6.45) is 1.04. The van der Waals surface area contributed by atoms with Gasteiger partial charge in [-0.15, -0.1) is 0 Å². The molecule has 0 aliphatic carbocycles. The third-order valence-corrected chi connectivity index (χ3v) is 5.27. The lowest BCUT2D eigenvalue weighted by molar-refractivity contribution is -0.117. The zero-order chi connectivity index (χ0) is 19.8. The highest BCUT2D eigenvalue weighted by molar-refractivity contribution is 6.30. The fourth-order valence-corrected chi connectivity index (χ4v) is 3.68. The van der Waals surface area contributed by atoms with Gasteiger partial charge in [-0.2, -0.15) is 0 Å². The molecular weight excluding hydrogens is 378 g/mol. The molecule has 7 nitrogen and oxygen atoms in total. The summed E-state index contributed by atoms with van der Waals surface area (Å²) in [7, 11) is 0. The molecule has 0 radical (unpaired) electrons. The number of carbonyl (C=O) groups excluding carboxylic acids is 2. The average molecular weight is 400 g/mol. The van der Waals surface area contributed by atoms with Crippen LogP contribution in [0.4, 0.5) is 11.5 Å². The summed E-state index contributed by atoms with van der Waals surface area (Å²) >= 11 is 5.95. The Morgan fingerprint density at radius 3 is 2.68 bits per heavy atom. The molecule has 1 fully saturated rings. The van der Waals surface area contributed by atoms with Crippen molar-refractivity contribution in [1.82, 2.24) is 15.3 Å². The van der Waals surface area contributed by atoms with Crippen molar-refractivity contribution in [2.75, 3.05) is 23.3 Å². The lowest BCUT2D eigenvalue weighted by Gasteiger charge is -2.23. The molecule has 2 aromatic rings. The minimum atomic E-state index is -0.168. The van der Waals surface area contributed by atoms with Crippen molar-refractivity contribution in [2.45, 2.75) is 38.6 Å². The molecule has 0 spiro atoms. The van der Waals surface area contributed by atoms with Crippen molar-refractivity contribution in [3.63, 3.8) is 0 Å². The van der Waals surface area contributed by atoms with Crippen LogP contribution in [0.1, 0.15) is 48.1 Å². The second kappa shape index (κ2) is 7.39. The zero-order valence-corrected chi connectivity index (χ0v) is 16.6. The molecule has 2 amide bonds. The minimum Gasteiger partial charge on any atom is -0.365 e. The SMILES string of the molecule is CC(C)c1nc(NC2CC(=O)N(c3ccc(Cl)cc3)C2)c2c(n1)C(=O)NCC2. The van der Waals surface area contributed by atoms with E-state index in [9.17, 15) is 9.59 Å². The van der Waals surface area contributed by atoms with Crippen molar-refractivity contribution >= 4 is 34.9 Å². The van der Waals surface area contributed by atoms with Crippen LogP contribution in [-0.2, 0) is 11.2 Å². The lowest BCUT2D eigenvalue weighted by Crippen LogP contribution is -2.35. The smallest absolute Gasteiger partial charge is 0.270 e. The Morgan fingerprint density at radius 2 is 1.96 bits per heavy atom. The number of rotatable bonds is 4. The summed E-state index contributed by atoms with van der Waals surface area (Å²) in [6, 6.07) is 7.15. The fourth-order valence-electron chi connectivity index (χ4n) is 3.56. The van der Waals surface area contributed by atoms with Crippen LogP contribution in [0.2, 0.25) is 5.02 Å². The third-order valence-electron chi connectivity index (χ3n) is 5.02. The van der Waals surface area contributed by atoms with E-state index >= 15 is 0 Å². The number of nitrogens with zero attached hydrogens (tertiary/aromatic N) is 3. The van der Waals surface area contributed by atoms with E-state index in [0.717, 1.165) is 11.3 Å². The Balaban J connectivity index is 1.60. The van der Waals surface area contributed by atoms with Gasteiger partial charge in [0.1, 0.15) is 17.3 Å². The quantitative estimate of drug-likeness (QED) is 0.825. The topological polar surface area (TPSA) is 87.2 Å². The van der Waals surface area contributed by atoms with E-state index in [1.807, 2.05) is 26.0 Å². The van der Waals surface area contributed by atoms with Crippen LogP contribution < -0.4 is 15.5 Å². The largest absolute Gasteiger partial charge is 0.365 e. The summed E-state index contributed by atoms with van der Waals surface area (Å²) < 4.78 is 0. The van der Waals surface area contributed by atoms with E-state index in [4.69, 9.17) is 11.6 Å². The first-order valence-electron chi connectivity index (χ1n) is 9.44. The second-order valence-corrected chi connectivity index (χ2v) is 7.88. The van der Waals surface area contributed by atoms with Crippen LogP contribution in [0.3, 0.4) is 0 Å². The fraction of sp³-hybridized carbons (Fsp3) is 0.400. The molecular formula is C20H22ClN5O2. The van der Waals surface area contributed by atoms with Gasteiger partial charge < -0.3 is 15.5 Å². The number of anilines is 2. The molecule has 3 heterocycles. The second-order valence-electron chi connectivity index (χ2n) is 7.44. The molecule has 0 bridgehead atoms. The molecule has 1 aromatic carbocycles. The van der Waals surface area contributed by atoms with E-state index in [2.05, 4.69) is 20.6 Å². The van der Waals surface area contributed by atoms with Gasteiger partial charge >= 0.3 is 0 Å². The maximum atomic E-state index is 12.5. The molecule has 0 saturated carbocycles. The standard InChI is InChI=1S/C20H22ClN5O2/c1-11(2)18-24-17-15(7-8-22-20(17)28)19(25-18)23-13-9-16(27)26(10-13)14-5-3-12(21)4-6-14/h3-6,11,13H,7-10H2,1-2H3,(H,22,28)(H,23,24,25). The maximum Gasteiger partial charge on any atom is 0.270 e. The van der Waals surface area contributed by atoms with E-state index in [1.165, 1.54) is 0 Å². The molecule has 1 aromatic heterocycles. The molecule has 8 heteroatoms. The van der Waals surface area contributed by atoms with Crippen LogP contribution in [0.15, 0.2) is 24.3 Å². The number of amides is 2. The predicted octanol–water partition coefficient (Wildman–Crippen LogP) is 2.76. The van der Waals surface area contributed by atoms with Gasteiger partial charge in [0.05, 0.1) is 6.04 Å². The van der Waals surface area contributed by atoms with E-state index in [0.29, 0.717) is 48.3 Å². The molecule has 1 saturated heterocycles. The number of hydrogen-bond acceptors (Lipinski definition) is 5. The highest BCUT2D eigenvalue weighted by Crippen LogP contribution is 2.28. The number of benzene rings is 1. The lowest BCUT2D eigenvalue weighted by atomic mass is 10.0. The van der Waals surface area contributed by atoms with Crippen molar-refractivity contribution < 1.29 is 9.59 Å². The molecule has 2 N–H and O–H groups in total. The third kappa shape index (κ3) is 3.54. The first-order chi connectivity index (χ1) is 13.4. The van der Waals surface area contributed by atoms with Gasteiger partial charge in [-0.05, 0) is 30.7 Å². The number of hydrogen-bond donors (Lipinski definition) is 2. The van der Waals surface area contributed by atoms with Gasteiger partial charge in [0.15, 0.2) is 0 Å².